The summed E-state index contributed by atoms with van der Waals surface area (Å²) in [5.74, 6) is -0.902. The van der Waals surface area contributed by atoms with Gasteiger partial charge in [0.25, 0.3) is 0 Å². The van der Waals surface area contributed by atoms with E-state index in [9.17, 15) is 14.7 Å². The number of hydrogen-bond donors (Lipinski definition) is 2. The lowest BCUT2D eigenvalue weighted by molar-refractivity contribution is -0.151. The maximum Gasteiger partial charge on any atom is 0.311 e. The van der Waals surface area contributed by atoms with Crippen LogP contribution in [0.2, 0.25) is 0 Å². The number of nitrogens with zero attached hydrogens (tertiary/aromatic N) is 2. The summed E-state index contributed by atoms with van der Waals surface area (Å²) in [6.45, 7) is 6.07. The number of nitrogens with one attached hydrogen (secondary N) is 1. The molecule has 1 aromatic heterocycles. The van der Waals surface area contributed by atoms with Crippen molar-refractivity contribution in [3.63, 3.8) is 0 Å². The van der Waals surface area contributed by atoms with E-state index >= 15 is 0 Å². The smallest absolute Gasteiger partial charge is 0.311 e. The number of carbonyl (C=O) groups is 2. The number of carboxylic acid groups (broad SMARTS) is 1. The van der Waals surface area contributed by atoms with Gasteiger partial charge >= 0.3 is 5.97 Å². The zero-order chi connectivity index (χ0) is 17.0. The number of aryl methyl sites for hydroxylation is 2. The monoisotopic (exact) mass is 321 g/mol. The van der Waals surface area contributed by atoms with Crippen molar-refractivity contribution in [2.24, 2.45) is 5.41 Å². The average Bonchev–Trinajstić information content (AvgIpc) is 2.85. The van der Waals surface area contributed by atoms with Crippen LogP contribution in [0.5, 0.6) is 0 Å². The van der Waals surface area contributed by atoms with Gasteiger partial charge in [0.15, 0.2) is 0 Å². The van der Waals surface area contributed by atoms with Crippen molar-refractivity contribution in [2.75, 3.05) is 6.54 Å². The molecule has 0 saturated heterocycles. The lowest BCUT2D eigenvalue weighted by Gasteiger charge is -2.33. The highest BCUT2D eigenvalue weighted by atomic mass is 16.4. The second-order valence-electron chi connectivity index (χ2n) is 6.85. The van der Waals surface area contributed by atoms with Crippen LogP contribution in [0.4, 0.5) is 0 Å². The van der Waals surface area contributed by atoms with Crippen molar-refractivity contribution in [3.8, 4) is 0 Å². The van der Waals surface area contributed by atoms with Gasteiger partial charge in [0, 0.05) is 18.7 Å². The van der Waals surface area contributed by atoms with Crippen molar-refractivity contribution in [1.29, 1.82) is 0 Å². The van der Waals surface area contributed by atoms with Crippen LogP contribution >= 0.6 is 0 Å². The molecule has 0 aromatic carbocycles. The van der Waals surface area contributed by atoms with Crippen molar-refractivity contribution < 1.29 is 14.7 Å². The molecule has 128 valence electrons. The van der Waals surface area contributed by atoms with Crippen LogP contribution in [0.1, 0.15) is 62.9 Å². The maximum absolute atomic E-state index is 12.2. The summed E-state index contributed by atoms with van der Waals surface area (Å²) >= 11 is 0. The van der Waals surface area contributed by atoms with E-state index in [0.717, 1.165) is 30.7 Å². The quantitative estimate of drug-likeness (QED) is 0.843. The van der Waals surface area contributed by atoms with E-state index in [1.165, 1.54) is 0 Å². The van der Waals surface area contributed by atoms with Crippen molar-refractivity contribution in [3.05, 3.63) is 17.5 Å². The lowest BCUT2D eigenvalue weighted by Crippen LogP contribution is -2.44. The second-order valence-corrected chi connectivity index (χ2v) is 6.85. The van der Waals surface area contributed by atoms with E-state index in [2.05, 4.69) is 10.4 Å². The van der Waals surface area contributed by atoms with Crippen molar-refractivity contribution >= 4 is 11.9 Å². The van der Waals surface area contributed by atoms with Gasteiger partial charge in [0.05, 0.1) is 17.2 Å². The molecule has 1 aromatic rings. The lowest BCUT2D eigenvalue weighted by atomic mass is 9.74. The Morgan fingerprint density at radius 3 is 2.52 bits per heavy atom. The molecule has 1 saturated carbocycles. The predicted octanol–water partition coefficient (Wildman–Crippen LogP) is 2.60. The number of carbonyl (C=O) groups excluding carboxylic acids is 1. The number of aliphatic carboxylic acids is 1. The van der Waals surface area contributed by atoms with E-state index in [1.807, 2.05) is 31.5 Å². The third kappa shape index (κ3) is 4.12. The van der Waals surface area contributed by atoms with E-state index in [4.69, 9.17) is 0 Å². The number of amides is 1. The van der Waals surface area contributed by atoms with E-state index in [0.29, 0.717) is 19.3 Å². The molecule has 2 rings (SSSR count). The first kappa shape index (κ1) is 17.5. The van der Waals surface area contributed by atoms with Gasteiger partial charge in [-0.2, -0.15) is 5.10 Å². The summed E-state index contributed by atoms with van der Waals surface area (Å²) < 4.78 is 1.85. The Hall–Kier alpha value is -1.85. The minimum Gasteiger partial charge on any atom is -0.481 e. The normalized spacial score (nSPS) is 18.4. The first-order valence-corrected chi connectivity index (χ1v) is 8.37. The van der Waals surface area contributed by atoms with Crippen LogP contribution in [0.15, 0.2) is 6.07 Å². The summed E-state index contributed by atoms with van der Waals surface area (Å²) in [7, 11) is 0. The van der Waals surface area contributed by atoms with E-state index in [-0.39, 0.29) is 18.5 Å². The number of hydrogen-bond acceptors (Lipinski definition) is 3. The molecule has 0 aliphatic heterocycles. The molecule has 1 fully saturated rings. The van der Waals surface area contributed by atoms with Crippen LogP contribution in [0.25, 0.3) is 0 Å². The first-order chi connectivity index (χ1) is 10.8. The number of carboxylic acids is 1. The number of rotatable bonds is 6. The van der Waals surface area contributed by atoms with Gasteiger partial charge in [-0.05, 0) is 39.7 Å². The minimum atomic E-state index is -0.788. The highest BCUT2D eigenvalue weighted by molar-refractivity contribution is 5.79. The van der Waals surface area contributed by atoms with Crippen LogP contribution in [-0.4, -0.2) is 33.3 Å². The van der Waals surface area contributed by atoms with Gasteiger partial charge in [-0.15, -0.1) is 0 Å². The van der Waals surface area contributed by atoms with Crippen molar-refractivity contribution in [2.45, 2.75) is 65.3 Å². The Kier molecular flexibility index (Phi) is 5.44. The van der Waals surface area contributed by atoms with Crippen LogP contribution in [0.3, 0.4) is 0 Å². The summed E-state index contributed by atoms with van der Waals surface area (Å²) in [4.78, 5) is 23.8. The van der Waals surface area contributed by atoms with Gasteiger partial charge in [0.1, 0.15) is 0 Å². The Morgan fingerprint density at radius 1 is 1.35 bits per heavy atom. The highest BCUT2D eigenvalue weighted by Crippen LogP contribution is 2.36. The Labute approximate surface area is 137 Å². The zero-order valence-electron chi connectivity index (χ0n) is 14.3. The molecule has 1 aliphatic carbocycles. The van der Waals surface area contributed by atoms with E-state index in [1.54, 1.807) is 0 Å². The standard InChI is InChI=1S/C17H27N3O3/c1-12-9-13(2)20(19-12)14(3)10-15(21)18-11-17(16(22)23)7-5-4-6-8-17/h9,14H,4-8,10-11H2,1-3H3,(H,18,21)(H,22,23). The summed E-state index contributed by atoms with van der Waals surface area (Å²) in [5.41, 5.74) is 1.17. The fraction of sp³-hybridized carbons (Fsp3) is 0.706. The summed E-state index contributed by atoms with van der Waals surface area (Å²) in [6, 6.07) is 1.94. The van der Waals surface area contributed by atoms with E-state index < -0.39 is 11.4 Å². The van der Waals surface area contributed by atoms with Gasteiger partial charge < -0.3 is 10.4 Å². The molecule has 1 heterocycles. The van der Waals surface area contributed by atoms with Gasteiger partial charge in [-0.1, -0.05) is 19.3 Å². The first-order valence-electron chi connectivity index (χ1n) is 8.37. The Bertz CT molecular complexity index is 574. The maximum atomic E-state index is 12.2. The molecule has 2 N–H and O–H groups in total. The molecule has 1 unspecified atom stereocenters. The van der Waals surface area contributed by atoms with Gasteiger partial charge in [-0.25, -0.2) is 0 Å². The zero-order valence-corrected chi connectivity index (χ0v) is 14.3. The molecule has 1 aliphatic rings. The Morgan fingerprint density at radius 2 is 2.00 bits per heavy atom. The fourth-order valence-electron chi connectivity index (χ4n) is 3.48. The van der Waals surface area contributed by atoms with Gasteiger partial charge in [-0.3, -0.25) is 14.3 Å². The minimum absolute atomic E-state index is 0.0455. The molecular formula is C17H27N3O3. The number of aromatic nitrogens is 2. The van der Waals surface area contributed by atoms with Crippen LogP contribution < -0.4 is 5.32 Å². The second kappa shape index (κ2) is 7.15. The molecule has 0 spiro atoms. The molecule has 6 nitrogen and oxygen atoms in total. The molecule has 6 heteroatoms. The van der Waals surface area contributed by atoms with Crippen LogP contribution in [-0.2, 0) is 9.59 Å². The summed E-state index contributed by atoms with van der Waals surface area (Å²) in [5, 5.41) is 16.8. The van der Waals surface area contributed by atoms with Gasteiger partial charge in [0.2, 0.25) is 5.91 Å². The fourth-order valence-corrected chi connectivity index (χ4v) is 3.48. The largest absolute Gasteiger partial charge is 0.481 e. The molecule has 0 bridgehead atoms. The molecule has 1 amide bonds. The highest BCUT2D eigenvalue weighted by Gasteiger charge is 2.39. The SMILES string of the molecule is Cc1cc(C)n(C(C)CC(=O)NCC2(C(=O)O)CCCCC2)n1. The Balaban J connectivity index is 1.91. The average molecular weight is 321 g/mol. The molecule has 1 atom stereocenters. The van der Waals surface area contributed by atoms with Crippen LogP contribution in [0, 0.1) is 19.3 Å². The molecule has 23 heavy (non-hydrogen) atoms. The predicted molar refractivity (Wildman–Crippen MR) is 87.2 cm³/mol. The summed E-state index contributed by atoms with van der Waals surface area (Å²) in [6.07, 6.45) is 4.52. The molecular weight excluding hydrogens is 294 g/mol. The van der Waals surface area contributed by atoms with Crippen molar-refractivity contribution in [1.82, 2.24) is 15.1 Å². The third-order valence-electron chi connectivity index (χ3n) is 4.83. The molecule has 0 radical (unpaired) electrons. The third-order valence-corrected chi connectivity index (χ3v) is 4.83. The topological polar surface area (TPSA) is 84.2 Å².